The van der Waals surface area contributed by atoms with Crippen molar-refractivity contribution in [3.8, 4) is 5.75 Å². The van der Waals surface area contributed by atoms with E-state index in [9.17, 15) is 4.79 Å². The zero-order valence-electron chi connectivity index (χ0n) is 14.4. The van der Waals surface area contributed by atoms with Crippen LogP contribution >= 0.6 is 0 Å². The average molecular weight is 334 g/mol. The Morgan fingerprint density at radius 2 is 2.00 bits per heavy atom. The minimum atomic E-state index is -0.302. The molecule has 0 aliphatic carbocycles. The summed E-state index contributed by atoms with van der Waals surface area (Å²) in [5.41, 5.74) is 2.21. The SMILES string of the molecule is Cc1cccc(C(=O)N2CCC[C@@]3(C=Cc4ccccc4O3)CC2)n1. The Bertz CT molecular complexity index is 830. The minimum Gasteiger partial charge on any atom is -0.483 e. The highest BCUT2D eigenvalue weighted by atomic mass is 16.5. The van der Waals surface area contributed by atoms with Crippen LogP contribution in [-0.2, 0) is 0 Å². The van der Waals surface area contributed by atoms with Crippen molar-refractivity contribution >= 4 is 12.0 Å². The summed E-state index contributed by atoms with van der Waals surface area (Å²) in [7, 11) is 0. The molecule has 1 aromatic heterocycles. The van der Waals surface area contributed by atoms with Gasteiger partial charge in [0.25, 0.3) is 5.91 Å². The fourth-order valence-corrected chi connectivity index (χ4v) is 3.63. The average Bonchev–Trinajstić information content (AvgIpc) is 2.84. The number of aryl methyl sites for hydroxylation is 1. The molecule has 0 bridgehead atoms. The van der Waals surface area contributed by atoms with Gasteiger partial charge in [-0.2, -0.15) is 0 Å². The van der Waals surface area contributed by atoms with Gasteiger partial charge in [0, 0.05) is 30.8 Å². The molecule has 0 radical (unpaired) electrons. The third kappa shape index (κ3) is 3.16. The van der Waals surface area contributed by atoms with Gasteiger partial charge in [-0.05, 0) is 44.0 Å². The first kappa shape index (κ1) is 15.9. The van der Waals surface area contributed by atoms with E-state index >= 15 is 0 Å². The van der Waals surface area contributed by atoms with Crippen LogP contribution in [-0.4, -0.2) is 34.5 Å². The molecule has 0 saturated carbocycles. The monoisotopic (exact) mass is 334 g/mol. The van der Waals surface area contributed by atoms with Gasteiger partial charge in [0.05, 0.1) is 0 Å². The predicted molar refractivity (Wildman–Crippen MR) is 97.6 cm³/mol. The van der Waals surface area contributed by atoms with E-state index in [1.165, 1.54) is 0 Å². The van der Waals surface area contributed by atoms with Crippen LogP contribution in [0.3, 0.4) is 0 Å². The van der Waals surface area contributed by atoms with E-state index in [1.807, 2.05) is 42.2 Å². The molecule has 4 heteroatoms. The first-order chi connectivity index (χ1) is 12.2. The fourth-order valence-electron chi connectivity index (χ4n) is 3.63. The number of carbonyl (C=O) groups is 1. The standard InChI is InChI=1S/C21H22N2O2/c1-16-6-4-8-18(22-16)20(24)23-14-5-11-21(13-15-23)12-10-17-7-2-3-9-19(17)25-21/h2-4,6-10,12H,5,11,13-15H2,1H3/t21-/m1/s1. The summed E-state index contributed by atoms with van der Waals surface area (Å²) in [5.74, 6) is 0.950. The lowest BCUT2D eigenvalue weighted by Gasteiger charge is -2.34. The van der Waals surface area contributed by atoms with Crippen molar-refractivity contribution in [2.75, 3.05) is 13.1 Å². The molecule has 1 fully saturated rings. The number of hydrogen-bond acceptors (Lipinski definition) is 3. The third-order valence-corrected chi connectivity index (χ3v) is 5.03. The second kappa shape index (κ2) is 6.36. The number of hydrogen-bond donors (Lipinski definition) is 0. The summed E-state index contributed by atoms with van der Waals surface area (Å²) in [6.07, 6.45) is 6.97. The van der Waals surface area contributed by atoms with Gasteiger partial charge in [-0.1, -0.05) is 30.3 Å². The van der Waals surface area contributed by atoms with Crippen molar-refractivity contribution in [1.82, 2.24) is 9.88 Å². The lowest BCUT2D eigenvalue weighted by Crippen LogP contribution is -2.38. The fraction of sp³-hybridized carbons (Fsp3) is 0.333. The first-order valence-electron chi connectivity index (χ1n) is 8.85. The molecule has 0 N–H and O–H groups in total. The van der Waals surface area contributed by atoms with Crippen LogP contribution < -0.4 is 4.74 Å². The molecule has 25 heavy (non-hydrogen) atoms. The predicted octanol–water partition coefficient (Wildman–Crippen LogP) is 3.86. The van der Waals surface area contributed by atoms with Crippen molar-refractivity contribution in [3.63, 3.8) is 0 Å². The topological polar surface area (TPSA) is 42.4 Å². The first-order valence-corrected chi connectivity index (χ1v) is 8.85. The van der Waals surface area contributed by atoms with Gasteiger partial charge < -0.3 is 9.64 Å². The van der Waals surface area contributed by atoms with Crippen molar-refractivity contribution in [2.45, 2.75) is 31.8 Å². The molecule has 4 nitrogen and oxygen atoms in total. The number of ether oxygens (including phenoxy) is 1. The van der Waals surface area contributed by atoms with E-state index in [-0.39, 0.29) is 11.5 Å². The largest absolute Gasteiger partial charge is 0.483 e. The van der Waals surface area contributed by atoms with Gasteiger partial charge in [-0.25, -0.2) is 4.98 Å². The minimum absolute atomic E-state index is 0.0148. The number of rotatable bonds is 1. The van der Waals surface area contributed by atoms with Gasteiger partial charge in [-0.3, -0.25) is 4.79 Å². The Morgan fingerprint density at radius 3 is 2.88 bits per heavy atom. The van der Waals surface area contributed by atoms with Crippen molar-refractivity contribution in [2.24, 2.45) is 0 Å². The summed E-state index contributed by atoms with van der Waals surface area (Å²) in [5, 5.41) is 0. The Labute approximate surface area is 148 Å². The van der Waals surface area contributed by atoms with E-state index in [4.69, 9.17) is 4.74 Å². The van der Waals surface area contributed by atoms with E-state index < -0.39 is 0 Å². The highest BCUT2D eigenvalue weighted by Gasteiger charge is 2.36. The Hall–Kier alpha value is -2.62. The molecule has 0 unspecified atom stereocenters. The number of aromatic nitrogens is 1. The lowest BCUT2D eigenvalue weighted by molar-refractivity contribution is 0.0724. The van der Waals surface area contributed by atoms with Crippen LogP contribution in [0.5, 0.6) is 5.75 Å². The summed E-state index contributed by atoms with van der Waals surface area (Å²) < 4.78 is 6.35. The van der Waals surface area contributed by atoms with E-state index in [0.717, 1.165) is 42.8 Å². The van der Waals surface area contributed by atoms with Crippen LogP contribution in [0, 0.1) is 6.92 Å². The Morgan fingerprint density at radius 1 is 1.12 bits per heavy atom. The molecule has 1 spiro atoms. The number of nitrogens with zero attached hydrogens (tertiary/aromatic N) is 2. The zero-order valence-corrected chi connectivity index (χ0v) is 14.4. The summed E-state index contributed by atoms with van der Waals surface area (Å²) >= 11 is 0. The van der Waals surface area contributed by atoms with Crippen LogP contribution in [0.4, 0.5) is 0 Å². The molecule has 1 amide bonds. The molecule has 1 atom stereocenters. The molecule has 1 saturated heterocycles. The van der Waals surface area contributed by atoms with E-state index in [1.54, 1.807) is 6.07 Å². The highest BCUT2D eigenvalue weighted by molar-refractivity contribution is 5.92. The number of carbonyl (C=O) groups excluding carboxylic acids is 1. The second-order valence-corrected chi connectivity index (χ2v) is 6.85. The third-order valence-electron chi connectivity index (χ3n) is 5.03. The van der Waals surface area contributed by atoms with Gasteiger partial charge in [0.1, 0.15) is 17.0 Å². The van der Waals surface area contributed by atoms with Crippen molar-refractivity contribution in [3.05, 3.63) is 65.5 Å². The van der Waals surface area contributed by atoms with E-state index in [0.29, 0.717) is 12.2 Å². The molecule has 4 rings (SSSR count). The van der Waals surface area contributed by atoms with Crippen molar-refractivity contribution in [1.29, 1.82) is 0 Å². The van der Waals surface area contributed by atoms with Crippen LogP contribution in [0.15, 0.2) is 48.5 Å². The maximum Gasteiger partial charge on any atom is 0.272 e. The summed E-state index contributed by atoms with van der Waals surface area (Å²) in [4.78, 5) is 19.1. The second-order valence-electron chi connectivity index (χ2n) is 6.85. The molecular weight excluding hydrogens is 312 g/mol. The van der Waals surface area contributed by atoms with Gasteiger partial charge in [0.2, 0.25) is 0 Å². The number of benzene rings is 1. The number of pyridine rings is 1. The Balaban J connectivity index is 1.51. The quantitative estimate of drug-likeness (QED) is 0.795. The highest BCUT2D eigenvalue weighted by Crippen LogP contribution is 2.37. The summed E-state index contributed by atoms with van der Waals surface area (Å²) in [6.45, 7) is 3.34. The van der Waals surface area contributed by atoms with Gasteiger partial charge in [-0.15, -0.1) is 0 Å². The number of likely N-dealkylation sites (tertiary alicyclic amines) is 1. The molecule has 2 aliphatic rings. The molecule has 128 valence electrons. The number of amides is 1. The summed E-state index contributed by atoms with van der Waals surface area (Å²) in [6, 6.07) is 13.7. The normalized spacial score (nSPS) is 22.2. The number of fused-ring (bicyclic) bond motifs is 1. The molecular formula is C21H22N2O2. The molecule has 1 aromatic carbocycles. The molecule has 2 aliphatic heterocycles. The van der Waals surface area contributed by atoms with Crippen molar-refractivity contribution < 1.29 is 9.53 Å². The smallest absolute Gasteiger partial charge is 0.272 e. The van der Waals surface area contributed by atoms with Gasteiger partial charge in [0.15, 0.2) is 0 Å². The zero-order chi connectivity index (χ0) is 17.3. The number of para-hydroxylation sites is 1. The molecule has 3 heterocycles. The maximum absolute atomic E-state index is 12.8. The molecule has 2 aromatic rings. The Kier molecular flexibility index (Phi) is 4.04. The van der Waals surface area contributed by atoms with Crippen LogP contribution in [0.1, 0.15) is 41.0 Å². The van der Waals surface area contributed by atoms with E-state index in [2.05, 4.69) is 23.2 Å². The van der Waals surface area contributed by atoms with Gasteiger partial charge >= 0.3 is 0 Å². The van der Waals surface area contributed by atoms with Crippen LogP contribution in [0.25, 0.3) is 6.08 Å². The maximum atomic E-state index is 12.8. The van der Waals surface area contributed by atoms with Crippen LogP contribution in [0.2, 0.25) is 0 Å². The lowest BCUT2D eigenvalue weighted by atomic mass is 9.91.